The fraction of sp³-hybridized carbons (Fsp3) is 0.429. The predicted molar refractivity (Wildman–Crippen MR) is 67.8 cm³/mol. The van der Waals surface area contributed by atoms with Crippen molar-refractivity contribution in [2.24, 2.45) is 0 Å². The van der Waals surface area contributed by atoms with Crippen LogP contribution in [0.3, 0.4) is 0 Å². The molecule has 1 aromatic rings. The molecule has 0 aliphatic rings. The lowest BCUT2D eigenvalue weighted by Gasteiger charge is -2.15. The Kier molecular flexibility index (Phi) is 4.89. The van der Waals surface area contributed by atoms with Crippen LogP contribution in [-0.4, -0.2) is 11.9 Å². The highest BCUT2D eigenvalue weighted by Gasteiger charge is 2.13. The van der Waals surface area contributed by atoms with E-state index in [1.165, 1.54) is 13.8 Å². The van der Waals surface area contributed by atoms with Crippen molar-refractivity contribution in [1.82, 2.24) is 0 Å². The van der Waals surface area contributed by atoms with Crippen molar-refractivity contribution >= 4 is 11.9 Å². The van der Waals surface area contributed by atoms with E-state index in [1.807, 2.05) is 13.0 Å². The van der Waals surface area contributed by atoms with E-state index in [2.05, 4.69) is 6.92 Å². The van der Waals surface area contributed by atoms with Gasteiger partial charge in [0.15, 0.2) is 0 Å². The minimum absolute atomic E-state index is 0.269. The topological polar surface area (TPSA) is 52.6 Å². The number of esters is 2. The molecule has 0 spiro atoms. The molecule has 0 aromatic heterocycles. The molecule has 0 aliphatic heterocycles. The number of carbonyl (C=O) groups is 2. The summed E-state index contributed by atoms with van der Waals surface area (Å²) in [7, 11) is 0. The molecule has 1 atom stereocenters. The summed E-state index contributed by atoms with van der Waals surface area (Å²) >= 11 is 0. The monoisotopic (exact) mass is 250 g/mol. The van der Waals surface area contributed by atoms with Crippen LogP contribution in [0.5, 0.6) is 11.5 Å². The van der Waals surface area contributed by atoms with Crippen LogP contribution in [0, 0.1) is 0 Å². The second-order valence-corrected chi connectivity index (χ2v) is 4.20. The molecule has 98 valence electrons. The number of hydrogen-bond donors (Lipinski definition) is 0. The Bertz CT molecular complexity index is 451. The first-order valence-corrected chi connectivity index (χ1v) is 5.94. The van der Waals surface area contributed by atoms with E-state index in [9.17, 15) is 9.59 Å². The van der Waals surface area contributed by atoms with Gasteiger partial charge in [-0.2, -0.15) is 0 Å². The second kappa shape index (κ2) is 6.19. The molecule has 1 aromatic carbocycles. The standard InChI is InChI=1S/C14H18O4/c1-5-9(2)13-7-6-12(17-10(3)15)8-14(13)18-11(4)16/h6-9H,5H2,1-4H3. The van der Waals surface area contributed by atoms with Gasteiger partial charge in [0.2, 0.25) is 0 Å². The van der Waals surface area contributed by atoms with Crippen molar-refractivity contribution in [3.05, 3.63) is 23.8 Å². The molecule has 0 heterocycles. The van der Waals surface area contributed by atoms with Gasteiger partial charge in [-0.05, 0) is 24.0 Å². The molecule has 1 unspecified atom stereocenters. The lowest BCUT2D eigenvalue weighted by atomic mass is 9.97. The molecule has 4 heteroatoms. The van der Waals surface area contributed by atoms with Crippen molar-refractivity contribution < 1.29 is 19.1 Å². The van der Waals surface area contributed by atoms with Gasteiger partial charge in [0.25, 0.3) is 0 Å². The highest BCUT2D eigenvalue weighted by Crippen LogP contribution is 2.32. The molecule has 0 amide bonds. The van der Waals surface area contributed by atoms with E-state index in [1.54, 1.807) is 12.1 Å². The van der Waals surface area contributed by atoms with Crippen molar-refractivity contribution in [1.29, 1.82) is 0 Å². The number of hydrogen-bond acceptors (Lipinski definition) is 4. The molecule has 0 radical (unpaired) electrons. The quantitative estimate of drug-likeness (QED) is 0.608. The van der Waals surface area contributed by atoms with Crippen LogP contribution in [0.15, 0.2) is 18.2 Å². The third-order valence-corrected chi connectivity index (χ3v) is 2.64. The van der Waals surface area contributed by atoms with Crippen molar-refractivity contribution in [3.63, 3.8) is 0 Å². The zero-order valence-corrected chi connectivity index (χ0v) is 11.1. The van der Waals surface area contributed by atoms with Crippen LogP contribution in [0.1, 0.15) is 45.6 Å². The van der Waals surface area contributed by atoms with Gasteiger partial charge in [-0.1, -0.05) is 19.9 Å². The number of rotatable bonds is 4. The SMILES string of the molecule is CCC(C)c1ccc(OC(C)=O)cc1OC(C)=O. The molecule has 0 bridgehead atoms. The van der Waals surface area contributed by atoms with Gasteiger partial charge in [-0.3, -0.25) is 9.59 Å². The smallest absolute Gasteiger partial charge is 0.308 e. The first kappa shape index (κ1) is 14.2. The van der Waals surface area contributed by atoms with E-state index in [-0.39, 0.29) is 11.9 Å². The maximum atomic E-state index is 11.1. The summed E-state index contributed by atoms with van der Waals surface area (Å²) in [6, 6.07) is 5.10. The summed E-state index contributed by atoms with van der Waals surface area (Å²) in [4.78, 5) is 22.0. The van der Waals surface area contributed by atoms with Gasteiger partial charge in [0.1, 0.15) is 11.5 Å². The summed E-state index contributed by atoms with van der Waals surface area (Å²) in [5.41, 5.74) is 0.934. The maximum absolute atomic E-state index is 11.1. The van der Waals surface area contributed by atoms with Crippen LogP contribution >= 0.6 is 0 Å². The highest BCUT2D eigenvalue weighted by atomic mass is 16.5. The van der Waals surface area contributed by atoms with Crippen molar-refractivity contribution in [2.75, 3.05) is 0 Å². The van der Waals surface area contributed by atoms with Crippen LogP contribution in [-0.2, 0) is 9.59 Å². The highest BCUT2D eigenvalue weighted by molar-refractivity contribution is 5.71. The number of benzene rings is 1. The summed E-state index contributed by atoms with van der Waals surface area (Å²) in [6.45, 7) is 6.78. The van der Waals surface area contributed by atoms with Crippen LogP contribution in [0.25, 0.3) is 0 Å². The van der Waals surface area contributed by atoms with E-state index in [0.29, 0.717) is 11.5 Å². The molecule has 0 fully saturated rings. The summed E-state index contributed by atoms with van der Waals surface area (Å²) < 4.78 is 10.1. The van der Waals surface area contributed by atoms with E-state index >= 15 is 0 Å². The van der Waals surface area contributed by atoms with Crippen molar-refractivity contribution in [3.8, 4) is 11.5 Å². The first-order chi connectivity index (χ1) is 8.43. The first-order valence-electron chi connectivity index (χ1n) is 5.94. The fourth-order valence-corrected chi connectivity index (χ4v) is 1.61. The molecule has 0 saturated carbocycles. The van der Waals surface area contributed by atoms with Gasteiger partial charge in [0.05, 0.1) is 0 Å². The Morgan fingerprint density at radius 3 is 2.28 bits per heavy atom. The lowest BCUT2D eigenvalue weighted by molar-refractivity contribution is -0.132. The molecule has 0 saturated heterocycles. The molecule has 0 N–H and O–H groups in total. The molecular weight excluding hydrogens is 232 g/mol. The summed E-state index contributed by atoms with van der Waals surface area (Å²) in [6.07, 6.45) is 0.932. The average molecular weight is 250 g/mol. The summed E-state index contributed by atoms with van der Waals surface area (Å²) in [5.74, 6) is 0.312. The van der Waals surface area contributed by atoms with Gasteiger partial charge >= 0.3 is 11.9 Å². The third-order valence-electron chi connectivity index (χ3n) is 2.64. The Morgan fingerprint density at radius 2 is 1.78 bits per heavy atom. The fourth-order valence-electron chi connectivity index (χ4n) is 1.61. The van der Waals surface area contributed by atoms with E-state index < -0.39 is 5.97 Å². The zero-order valence-electron chi connectivity index (χ0n) is 11.1. The normalized spacial score (nSPS) is 11.8. The molecular formula is C14H18O4. The third kappa shape index (κ3) is 3.87. The van der Waals surface area contributed by atoms with Gasteiger partial charge in [-0.25, -0.2) is 0 Å². The average Bonchev–Trinajstić information content (AvgIpc) is 2.26. The molecule has 1 rings (SSSR count). The van der Waals surface area contributed by atoms with E-state index in [4.69, 9.17) is 9.47 Å². The largest absolute Gasteiger partial charge is 0.427 e. The van der Waals surface area contributed by atoms with Crippen LogP contribution in [0.2, 0.25) is 0 Å². The lowest BCUT2D eigenvalue weighted by Crippen LogP contribution is -2.07. The molecule has 0 aliphatic carbocycles. The van der Waals surface area contributed by atoms with Gasteiger partial charge < -0.3 is 9.47 Å². The van der Waals surface area contributed by atoms with Crippen LogP contribution < -0.4 is 9.47 Å². The number of carbonyl (C=O) groups excluding carboxylic acids is 2. The zero-order chi connectivity index (χ0) is 13.7. The number of ether oxygens (including phenoxy) is 2. The summed E-state index contributed by atoms with van der Waals surface area (Å²) in [5, 5.41) is 0. The second-order valence-electron chi connectivity index (χ2n) is 4.20. The van der Waals surface area contributed by atoms with E-state index in [0.717, 1.165) is 12.0 Å². The molecule has 4 nitrogen and oxygen atoms in total. The predicted octanol–water partition coefficient (Wildman–Crippen LogP) is 3.05. The Morgan fingerprint density at radius 1 is 1.17 bits per heavy atom. The Hall–Kier alpha value is -1.84. The Labute approximate surface area is 107 Å². The minimum atomic E-state index is -0.403. The Balaban J connectivity index is 3.11. The van der Waals surface area contributed by atoms with Crippen molar-refractivity contribution in [2.45, 2.75) is 40.0 Å². The van der Waals surface area contributed by atoms with Crippen LogP contribution in [0.4, 0.5) is 0 Å². The van der Waals surface area contributed by atoms with Gasteiger partial charge in [-0.15, -0.1) is 0 Å². The molecule has 18 heavy (non-hydrogen) atoms. The maximum Gasteiger partial charge on any atom is 0.308 e. The van der Waals surface area contributed by atoms with Gasteiger partial charge in [0, 0.05) is 19.9 Å². The minimum Gasteiger partial charge on any atom is -0.427 e.